The van der Waals surface area contributed by atoms with Crippen LogP contribution >= 0.6 is 0 Å². The molecule has 3 heteroatoms. The van der Waals surface area contributed by atoms with Crippen LogP contribution in [0.5, 0.6) is 0 Å². The number of fused-ring (bicyclic) bond motifs is 1. The highest BCUT2D eigenvalue weighted by Crippen LogP contribution is 2.27. The van der Waals surface area contributed by atoms with Crippen molar-refractivity contribution in [2.45, 2.75) is 46.0 Å². The molecule has 0 fully saturated rings. The number of likely N-dealkylation sites (N-methyl/N-ethyl adjacent to an activating group) is 1. The molecule has 0 aromatic carbocycles. The Morgan fingerprint density at radius 3 is 2.35 bits per heavy atom. The molecular weight excluding hydrogens is 210 g/mol. The molecule has 17 heavy (non-hydrogen) atoms. The van der Waals surface area contributed by atoms with Crippen molar-refractivity contribution in [3.63, 3.8) is 0 Å². The summed E-state index contributed by atoms with van der Waals surface area (Å²) in [7, 11) is 2.18. The van der Waals surface area contributed by atoms with Crippen LogP contribution in [0.4, 0.5) is 0 Å². The third-order valence-electron chi connectivity index (χ3n) is 3.39. The Balaban J connectivity index is 2.51. The predicted molar refractivity (Wildman–Crippen MR) is 70.4 cm³/mol. The van der Waals surface area contributed by atoms with E-state index in [-0.39, 0.29) is 5.41 Å². The summed E-state index contributed by atoms with van der Waals surface area (Å²) in [5, 5.41) is 0. The summed E-state index contributed by atoms with van der Waals surface area (Å²) in [6.45, 7) is 10.9. The Morgan fingerprint density at radius 1 is 1.06 bits per heavy atom. The summed E-state index contributed by atoms with van der Waals surface area (Å²) < 4.78 is 0. The zero-order valence-electron chi connectivity index (χ0n) is 11.7. The molecule has 1 aromatic rings. The van der Waals surface area contributed by atoms with Crippen molar-refractivity contribution < 1.29 is 0 Å². The summed E-state index contributed by atoms with van der Waals surface area (Å²) in [5.41, 5.74) is 4.02. The van der Waals surface area contributed by atoms with Gasteiger partial charge < -0.3 is 4.90 Å². The van der Waals surface area contributed by atoms with Crippen LogP contribution in [0, 0.1) is 6.92 Å². The zero-order chi connectivity index (χ0) is 12.6. The van der Waals surface area contributed by atoms with Gasteiger partial charge in [0, 0.05) is 30.6 Å². The van der Waals surface area contributed by atoms with Crippen LogP contribution < -0.4 is 0 Å². The van der Waals surface area contributed by atoms with Crippen LogP contribution in [-0.4, -0.2) is 35.0 Å². The van der Waals surface area contributed by atoms with E-state index in [2.05, 4.69) is 37.7 Å². The molecule has 0 amide bonds. The van der Waals surface area contributed by atoms with Crippen molar-refractivity contribution in [2.24, 2.45) is 0 Å². The Bertz CT molecular complexity index is 418. The first-order chi connectivity index (χ1) is 7.88. The molecule has 2 heterocycles. The summed E-state index contributed by atoms with van der Waals surface area (Å²) in [6, 6.07) is 0. The lowest BCUT2D eigenvalue weighted by Gasteiger charge is -2.23. The SMILES string of the molecule is Cc1nc2c(c(C(C)(C)C)n1)CCN(C)CC2. The Morgan fingerprint density at radius 2 is 1.71 bits per heavy atom. The van der Waals surface area contributed by atoms with Crippen molar-refractivity contribution >= 4 is 0 Å². The number of rotatable bonds is 0. The van der Waals surface area contributed by atoms with E-state index in [1.165, 1.54) is 17.0 Å². The molecular formula is C14H23N3. The third-order valence-corrected chi connectivity index (χ3v) is 3.39. The Kier molecular flexibility index (Phi) is 3.21. The lowest BCUT2D eigenvalue weighted by atomic mass is 9.86. The van der Waals surface area contributed by atoms with E-state index >= 15 is 0 Å². The molecule has 0 radical (unpaired) electrons. The van der Waals surface area contributed by atoms with Gasteiger partial charge in [0.25, 0.3) is 0 Å². The van der Waals surface area contributed by atoms with E-state index in [0.717, 1.165) is 31.8 Å². The molecule has 1 aliphatic rings. The minimum Gasteiger partial charge on any atom is -0.306 e. The standard InChI is InChI=1S/C14H23N3/c1-10-15-12-7-9-17(5)8-6-11(12)13(16-10)14(2,3)4/h6-9H2,1-5H3. The molecule has 94 valence electrons. The van der Waals surface area contributed by atoms with Crippen molar-refractivity contribution in [2.75, 3.05) is 20.1 Å². The van der Waals surface area contributed by atoms with E-state index in [1.807, 2.05) is 6.92 Å². The summed E-state index contributed by atoms with van der Waals surface area (Å²) in [5.74, 6) is 0.915. The molecule has 0 spiro atoms. The van der Waals surface area contributed by atoms with E-state index in [1.54, 1.807) is 0 Å². The fourth-order valence-corrected chi connectivity index (χ4v) is 2.45. The van der Waals surface area contributed by atoms with Gasteiger partial charge >= 0.3 is 0 Å². The van der Waals surface area contributed by atoms with Gasteiger partial charge in [-0.05, 0) is 26.0 Å². The van der Waals surface area contributed by atoms with Crippen LogP contribution in [0.1, 0.15) is 43.5 Å². The van der Waals surface area contributed by atoms with Gasteiger partial charge in [0.05, 0.1) is 5.69 Å². The second kappa shape index (κ2) is 4.37. The lowest BCUT2D eigenvalue weighted by Crippen LogP contribution is -2.22. The molecule has 0 saturated carbocycles. The maximum Gasteiger partial charge on any atom is 0.125 e. The molecule has 0 saturated heterocycles. The topological polar surface area (TPSA) is 29.0 Å². The van der Waals surface area contributed by atoms with Crippen LogP contribution in [0.3, 0.4) is 0 Å². The monoisotopic (exact) mass is 233 g/mol. The number of hydrogen-bond acceptors (Lipinski definition) is 3. The van der Waals surface area contributed by atoms with Gasteiger partial charge in [-0.15, -0.1) is 0 Å². The molecule has 3 nitrogen and oxygen atoms in total. The highest BCUT2D eigenvalue weighted by molar-refractivity contribution is 5.32. The number of aromatic nitrogens is 2. The van der Waals surface area contributed by atoms with Gasteiger partial charge in [-0.1, -0.05) is 20.8 Å². The van der Waals surface area contributed by atoms with Crippen LogP contribution in [0.25, 0.3) is 0 Å². The highest BCUT2D eigenvalue weighted by atomic mass is 15.1. The Hall–Kier alpha value is -0.960. The smallest absolute Gasteiger partial charge is 0.125 e. The van der Waals surface area contributed by atoms with Crippen LogP contribution in [0.2, 0.25) is 0 Å². The second-order valence-corrected chi connectivity index (χ2v) is 6.10. The predicted octanol–water partition coefficient (Wildman–Crippen LogP) is 2.11. The van der Waals surface area contributed by atoms with E-state index in [0.29, 0.717) is 0 Å². The Labute approximate surface area is 104 Å². The summed E-state index contributed by atoms with van der Waals surface area (Å²) >= 11 is 0. The minimum absolute atomic E-state index is 0.112. The van der Waals surface area contributed by atoms with Gasteiger partial charge in [-0.3, -0.25) is 0 Å². The quantitative estimate of drug-likeness (QED) is 0.687. The van der Waals surface area contributed by atoms with Gasteiger partial charge in [0.1, 0.15) is 5.82 Å². The molecule has 1 aromatic heterocycles. The molecule has 0 aliphatic carbocycles. The van der Waals surface area contributed by atoms with Gasteiger partial charge in [0.2, 0.25) is 0 Å². The van der Waals surface area contributed by atoms with Crippen molar-refractivity contribution in [3.05, 3.63) is 22.8 Å². The molecule has 0 N–H and O–H groups in total. The fraction of sp³-hybridized carbons (Fsp3) is 0.714. The number of aryl methyl sites for hydroxylation is 1. The van der Waals surface area contributed by atoms with Gasteiger partial charge in [-0.25, -0.2) is 9.97 Å². The number of hydrogen-bond donors (Lipinski definition) is 0. The molecule has 1 aliphatic heterocycles. The molecule has 0 unspecified atom stereocenters. The van der Waals surface area contributed by atoms with E-state index in [9.17, 15) is 0 Å². The van der Waals surface area contributed by atoms with E-state index in [4.69, 9.17) is 4.98 Å². The van der Waals surface area contributed by atoms with Crippen molar-refractivity contribution in [3.8, 4) is 0 Å². The minimum atomic E-state index is 0.112. The highest BCUT2D eigenvalue weighted by Gasteiger charge is 2.25. The summed E-state index contributed by atoms with van der Waals surface area (Å²) in [6.07, 6.45) is 2.14. The lowest BCUT2D eigenvalue weighted by molar-refractivity contribution is 0.351. The van der Waals surface area contributed by atoms with Crippen LogP contribution in [0.15, 0.2) is 0 Å². The fourth-order valence-electron chi connectivity index (χ4n) is 2.45. The maximum absolute atomic E-state index is 4.69. The van der Waals surface area contributed by atoms with Crippen LogP contribution in [-0.2, 0) is 18.3 Å². The maximum atomic E-state index is 4.69. The average Bonchev–Trinajstić information content (AvgIpc) is 2.39. The molecule has 0 atom stereocenters. The third kappa shape index (κ3) is 2.65. The first-order valence-electron chi connectivity index (χ1n) is 6.43. The average molecular weight is 233 g/mol. The largest absolute Gasteiger partial charge is 0.306 e. The van der Waals surface area contributed by atoms with Crippen molar-refractivity contribution in [1.82, 2.24) is 14.9 Å². The number of nitrogens with zero attached hydrogens (tertiary/aromatic N) is 3. The first kappa shape index (κ1) is 12.5. The first-order valence-corrected chi connectivity index (χ1v) is 6.43. The second-order valence-electron chi connectivity index (χ2n) is 6.10. The van der Waals surface area contributed by atoms with E-state index < -0.39 is 0 Å². The summed E-state index contributed by atoms with van der Waals surface area (Å²) in [4.78, 5) is 11.7. The van der Waals surface area contributed by atoms with Gasteiger partial charge in [-0.2, -0.15) is 0 Å². The van der Waals surface area contributed by atoms with Gasteiger partial charge in [0.15, 0.2) is 0 Å². The molecule has 0 bridgehead atoms. The van der Waals surface area contributed by atoms with Crippen molar-refractivity contribution in [1.29, 1.82) is 0 Å². The normalized spacial score (nSPS) is 17.7. The molecule has 2 rings (SSSR count). The zero-order valence-corrected chi connectivity index (χ0v) is 11.7.